The molecule has 10 heteroatoms. The smallest absolute Gasteiger partial charge is 0.280 e. The van der Waals surface area contributed by atoms with Crippen LogP contribution < -0.4 is 4.72 Å². The van der Waals surface area contributed by atoms with Crippen molar-refractivity contribution in [2.45, 2.75) is 18.0 Å². The molecule has 0 unspecified atom stereocenters. The van der Waals surface area contributed by atoms with Crippen LogP contribution in [0.4, 0.5) is 23.2 Å². The van der Waals surface area contributed by atoms with Crippen molar-refractivity contribution >= 4 is 15.7 Å². The number of nitrogens with one attached hydrogen (secondary N) is 1. The van der Waals surface area contributed by atoms with Gasteiger partial charge in [0, 0.05) is 11.9 Å². The van der Waals surface area contributed by atoms with Gasteiger partial charge in [-0.3, -0.25) is 4.72 Å². The number of nitrogens with zero attached hydrogens (tertiary/aromatic N) is 2. The Balaban J connectivity index is 1.95. The van der Waals surface area contributed by atoms with Crippen molar-refractivity contribution in [2.24, 2.45) is 0 Å². The third-order valence-electron chi connectivity index (χ3n) is 3.73. The number of aryl methyl sites for hydroxylation is 1. The molecule has 5 nitrogen and oxygen atoms in total. The van der Waals surface area contributed by atoms with Gasteiger partial charge in [0.1, 0.15) is 5.82 Å². The maximum atomic E-state index is 13.4. The molecule has 3 rings (SSSR count). The SMILES string of the molecule is Cc1ccnn1-c1cccc(NS(=O)(=O)c2ccc(F)c(C(F)(F)F)c2)c1. The molecule has 142 valence electrons. The van der Waals surface area contributed by atoms with Crippen LogP contribution in [0.5, 0.6) is 0 Å². The summed E-state index contributed by atoms with van der Waals surface area (Å²) in [5.41, 5.74) is -0.150. The van der Waals surface area contributed by atoms with Gasteiger partial charge in [-0.05, 0) is 49.4 Å². The molecule has 0 spiro atoms. The fraction of sp³-hybridized carbons (Fsp3) is 0.118. The lowest BCUT2D eigenvalue weighted by molar-refractivity contribution is -0.140. The van der Waals surface area contributed by atoms with Gasteiger partial charge < -0.3 is 0 Å². The highest BCUT2D eigenvalue weighted by molar-refractivity contribution is 7.92. The number of hydrogen-bond donors (Lipinski definition) is 1. The van der Waals surface area contributed by atoms with Crippen LogP contribution in [0.15, 0.2) is 59.6 Å². The molecule has 0 atom stereocenters. The van der Waals surface area contributed by atoms with E-state index < -0.39 is 32.5 Å². The Morgan fingerprint density at radius 3 is 2.44 bits per heavy atom. The number of aromatic nitrogens is 2. The standard InChI is InChI=1S/C17H13F4N3O2S/c1-11-7-8-22-24(11)13-4-2-3-12(9-13)23-27(25,26)14-5-6-16(18)15(10-14)17(19,20)21/h2-10,23H,1H3. The number of benzene rings is 2. The molecule has 0 radical (unpaired) electrons. The second-order valence-electron chi connectivity index (χ2n) is 5.68. The van der Waals surface area contributed by atoms with Crippen molar-refractivity contribution in [1.29, 1.82) is 0 Å². The van der Waals surface area contributed by atoms with Gasteiger partial charge >= 0.3 is 6.18 Å². The van der Waals surface area contributed by atoms with Crippen LogP contribution in [0.1, 0.15) is 11.3 Å². The van der Waals surface area contributed by atoms with Crippen molar-refractivity contribution in [2.75, 3.05) is 4.72 Å². The first-order valence-electron chi connectivity index (χ1n) is 7.58. The Labute approximate surface area is 152 Å². The van der Waals surface area contributed by atoms with Crippen LogP contribution >= 0.6 is 0 Å². The molecule has 0 fully saturated rings. The second kappa shape index (κ2) is 6.69. The summed E-state index contributed by atoms with van der Waals surface area (Å²) in [6.07, 6.45) is -3.43. The Morgan fingerprint density at radius 2 is 1.81 bits per heavy atom. The molecule has 0 amide bonds. The summed E-state index contributed by atoms with van der Waals surface area (Å²) in [5, 5.41) is 4.10. The molecule has 1 heterocycles. The minimum Gasteiger partial charge on any atom is -0.280 e. The normalized spacial score (nSPS) is 12.2. The number of rotatable bonds is 4. The average Bonchev–Trinajstić information content (AvgIpc) is 3.00. The number of halogens is 4. The zero-order valence-corrected chi connectivity index (χ0v) is 14.6. The minimum absolute atomic E-state index is 0.125. The predicted molar refractivity (Wildman–Crippen MR) is 90.5 cm³/mol. The van der Waals surface area contributed by atoms with Gasteiger partial charge in [0.2, 0.25) is 0 Å². The van der Waals surface area contributed by atoms with Crippen molar-refractivity contribution in [3.63, 3.8) is 0 Å². The van der Waals surface area contributed by atoms with E-state index in [2.05, 4.69) is 9.82 Å². The van der Waals surface area contributed by atoms with Crippen LogP contribution in [0.25, 0.3) is 5.69 Å². The van der Waals surface area contributed by atoms with E-state index >= 15 is 0 Å². The van der Waals surface area contributed by atoms with Gasteiger partial charge in [-0.25, -0.2) is 17.5 Å². The van der Waals surface area contributed by atoms with Gasteiger partial charge in [-0.15, -0.1) is 0 Å². The average molecular weight is 399 g/mol. The minimum atomic E-state index is -5.01. The summed E-state index contributed by atoms with van der Waals surface area (Å²) in [4.78, 5) is -0.697. The summed E-state index contributed by atoms with van der Waals surface area (Å²) in [5.74, 6) is -1.54. The molecule has 1 N–H and O–H groups in total. The number of anilines is 1. The van der Waals surface area contributed by atoms with E-state index in [-0.39, 0.29) is 11.8 Å². The van der Waals surface area contributed by atoms with Gasteiger partial charge in [0.15, 0.2) is 0 Å². The van der Waals surface area contributed by atoms with Crippen molar-refractivity contribution in [3.05, 3.63) is 71.8 Å². The van der Waals surface area contributed by atoms with E-state index in [4.69, 9.17) is 0 Å². The van der Waals surface area contributed by atoms with Crippen molar-refractivity contribution < 1.29 is 26.0 Å². The van der Waals surface area contributed by atoms with Gasteiger partial charge in [-0.1, -0.05) is 6.07 Å². The third-order valence-corrected chi connectivity index (χ3v) is 5.11. The van der Waals surface area contributed by atoms with E-state index in [0.717, 1.165) is 11.8 Å². The molecule has 0 aliphatic heterocycles. The van der Waals surface area contributed by atoms with E-state index in [9.17, 15) is 26.0 Å². The highest BCUT2D eigenvalue weighted by Gasteiger charge is 2.35. The fourth-order valence-electron chi connectivity index (χ4n) is 2.44. The molecule has 2 aromatic carbocycles. The van der Waals surface area contributed by atoms with E-state index in [1.807, 2.05) is 0 Å². The van der Waals surface area contributed by atoms with E-state index in [0.29, 0.717) is 11.8 Å². The topological polar surface area (TPSA) is 64.0 Å². The first-order chi connectivity index (χ1) is 12.6. The molecule has 0 aliphatic rings. The predicted octanol–water partition coefficient (Wildman–Crippen LogP) is 4.14. The van der Waals surface area contributed by atoms with Gasteiger partial charge in [0.05, 0.1) is 21.8 Å². The van der Waals surface area contributed by atoms with Crippen LogP contribution in [0.2, 0.25) is 0 Å². The van der Waals surface area contributed by atoms with Crippen LogP contribution in [0, 0.1) is 12.7 Å². The van der Waals surface area contributed by atoms with Crippen LogP contribution in [-0.2, 0) is 16.2 Å². The van der Waals surface area contributed by atoms with Crippen molar-refractivity contribution in [3.8, 4) is 5.69 Å². The second-order valence-corrected chi connectivity index (χ2v) is 7.36. The molecule has 0 bridgehead atoms. The molecular weight excluding hydrogens is 386 g/mol. The maximum absolute atomic E-state index is 13.4. The molecular formula is C17H13F4N3O2S. The van der Waals surface area contributed by atoms with Gasteiger partial charge in [-0.2, -0.15) is 18.3 Å². The first kappa shape index (κ1) is 18.9. The first-order valence-corrected chi connectivity index (χ1v) is 9.07. The Morgan fingerprint density at radius 1 is 1.07 bits per heavy atom. The van der Waals surface area contributed by atoms with Crippen molar-refractivity contribution in [1.82, 2.24) is 9.78 Å². The molecule has 1 aromatic heterocycles. The van der Waals surface area contributed by atoms with E-state index in [1.54, 1.807) is 36.0 Å². The summed E-state index contributed by atoms with van der Waals surface area (Å²) >= 11 is 0. The zero-order valence-electron chi connectivity index (χ0n) is 13.8. The number of alkyl halides is 3. The molecule has 0 aliphatic carbocycles. The van der Waals surface area contributed by atoms with E-state index in [1.165, 1.54) is 12.1 Å². The maximum Gasteiger partial charge on any atom is 0.419 e. The zero-order chi connectivity index (χ0) is 19.8. The highest BCUT2D eigenvalue weighted by atomic mass is 32.2. The van der Waals surface area contributed by atoms with Gasteiger partial charge in [0.25, 0.3) is 10.0 Å². The summed E-state index contributed by atoms with van der Waals surface area (Å²) < 4.78 is 80.5. The lowest BCUT2D eigenvalue weighted by Gasteiger charge is -2.13. The Kier molecular flexibility index (Phi) is 4.68. The molecule has 0 saturated heterocycles. The largest absolute Gasteiger partial charge is 0.419 e. The molecule has 0 saturated carbocycles. The number of sulfonamides is 1. The Hall–Kier alpha value is -2.88. The Bertz CT molecular complexity index is 1090. The summed E-state index contributed by atoms with van der Waals surface area (Å²) in [7, 11) is -4.35. The quantitative estimate of drug-likeness (QED) is 0.671. The highest BCUT2D eigenvalue weighted by Crippen LogP contribution is 2.33. The van der Waals surface area contributed by atoms with Crippen LogP contribution in [0.3, 0.4) is 0 Å². The monoisotopic (exact) mass is 399 g/mol. The van der Waals surface area contributed by atoms with Crippen LogP contribution in [-0.4, -0.2) is 18.2 Å². The molecule has 3 aromatic rings. The third kappa shape index (κ3) is 3.95. The molecule has 27 heavy (non-hydrogen) atoms. The summed E-state index contributed by atoms with van der Waals surface area (Å²) in [6, 6.07) is 9.44. The summed E-state index contributed by atoms with van der Waals surface area (Å²) in [6.45, 7) is 1.81. The lowest BCUT2D eigenvalue weighted by Crippen LogP contribution is -2.16. The fourth-order valence-corrected chi connectivity index (χ4v) is 3.52. The number of hydrogen-bond acceptors (Lipinski definition) is 3. The lowest BCUT2D eigenvalue weighted by atomic mass is 10.2.